The molecule has 0 saturated carbocycles. The lowest BCUT2D eigenvalue weighted by Gasteiger charge is -2.26. The van der Waals surface area contributed by atoms with Crippen LogP contribution in [-0.2, 0) is 9.53 Å². The molecule has 0 saturated heterocycles. The average molecular weight is 362 g/mol. The highest BCUT2D eigenvalue weighted by Gasteiger charge is 2.29. The van der Waals surface area contributed by atoms with Crippen molar-refractivity contribution in [3.05, 3.63) is 24.3 Å². The van der Waals surface area contributed by atoms with Crippen molar-refractivity contribution in [3.8, 4) is 11.5 Å². The third kappa shape index (κ3) is 6.77. The van der Waals surface area contributed by atoms with E-state index < -0.39 is 24.8 Å². The number of benzene rings is 1. The number of carbonyl (C=O) groups is 2. The van der Waals surface area contributed by atoms with E-state index in [2.05, 4.69) is 15.4 Å². The zero-order valence-corrected chi connectivity index (χ0v) is 13.1. The Morgan fingerprint density at radius 2 is 1.92 bits per heavy atom. The molecule has 7 nitrogen and oxygen atoms in total. The molecule has 1 aromatic carbocycles. The van der Waals surface area contributed by atoms with Crippen LogP contribution in [0.3, 0.4) is 0 Å². The van der Waals surface area contributed by atoms with Crippen LogP contribution < -0.4 is 20.1 Å². The van der Waals surface area contributed by atoms with Crippen LogP contribution in [0.15, 0.2) is 24.3 Å². The Kier molecular flexibility index (Phi) is 6.31. The van der Waals surface area contributed by atoms with Gasteiger partial charge in [0.2, 0.25) is 5.91 Å². The molecule has 1 unspecified atom stereocenters. The number of rotatable bonds is 6. The standard InChI is InChI=1S/C15H17F3N2O5/c16-15(17,18)9-24-14(22)19-6-5-13(21)20-7-10-8-23-11-3-1-2-4-12(11)25-10/h1-4,10H,5-9H2,(H,19,22)(H,20,21). The first-order valence-corrected chi connectivity index (χ1v) is 7.46. The van der Waals surface area contributed by atoms with Crippen molar-refractivity contribution in [2.45, 2.75) is 18.7 Å². The topological polar surface area (TPSA) is 85.9 Å². The first-order valence-electron chi connectivity index (χ1n) is 7.46. The summed E-state index contributed by atoms with van der Waals surface area (Å²) in [5.41, 5.74) is 0. The van der Waals surface area contributed by atoms with E-state index in [1.54, 1.807) is 18.2 Å². The van der Waals surface area contributed by atoms with Crippen molar-refractivity contribution in [1.82, 2.24) is 10.6 Å². The number of hydrogen-bond donors (Lipinski definition) is 2. The molecular formula is C15H17F3N2O5. The normalized spacial score (nSPS) is 16.0. The number of alkyl carbamates (subject to hydrolysis) is 1. The summed E-state index contributed by atoms with van der Waals surface area (Å²) >= 11 is 0. The van der Waals surface area contributed by atoms with Gasteiger partial charge in [0.25, 0.3) is 0 Å². The van der Waals surface area contributed by atoms with Crippen molar-refractivity contribution in [1.29, 1.82) is 0 Å². The summed E-state index contributed by atoms with van der Waals surface area (Å²) in [5.74, 6) is 0.826. The lowest BCUT2D eigenvalue weighted by Crippen LogP contribution is -2.41. The Morgan fingerprint density at radius 1 is 1.20 bits per heavy atom. The summed E-state index contributed by atoms with van der Waals surface area (Å²) in [6, 6.07) is 7.14. The van der Waals surface area contributed by atoms with Crippen molar-refractivity contribution < 1.29 is 37.0 Å². The fraction of sp³-hybridized carbons (Fsp3) is 0.467. The van der Waals surface area contributed by atoms with Gasteiger partial charge in [-0.3, -0.25) is 4.79 Å². The van der Waals surface area contributed by atoms with E-state index in [1.807, 2.05) is 6.07 Å². The molecule has 10 heteroatoms. The van der Waals surface area contributed by atoms with Crippen LogP contribution in [0.4, 0.5) is 18.0 Å². The highest BCUT2D eigenvalue weighted by molar-refractivity contribution is 5.77. The van der Waals surface area contributed by atoms with E-state index in [0.29, 0.717) is 11.5 Å². The Morgan fingerprint density at radius 3 is 2.64 bits per heavy atom. The second kappa shape index (κ2) is 8.45. The molecule has 1 atom stereocenters. The molecule has 1 aromatic rings. The molecular weight excluding hydrogens is 345 g/mol. The molecule has 0 fully saturated rings. The predicted molar refractivity (Wildman–Crippen MR) is 79.4 cm³/mol. The van der Waals surface area contributed by atoms with Crippen LogP contribution >= 0.6 is 0 Å². The zero-order valence-electron chi connectivity index (χ0n) is 13.1. The van der Waals surface area contributed by atoms with E-state index in [-0.39, 0.29) is 32.2 Å². The lowest BCUT2D eigenvalue weighted by molar-refractivity contribution is -0.160. The van der Waals surface area contributed by atoms with Crippen LogP contribution in [0.1, 0.15) is 6.42 Å². The molecule has 0 spiro atoms. The van der Waals surface area contributed by atoms with Gasteiger partial charge < -0.3 is 24.8 Å². The van der Waals surface area contributed by atoms with Gasteiger partial charge in [0, 0.05) is 13.0 Å². The number of nitrogens with one attached hydrogen (secondary N) is 2. The Hall–Kier alpha value is -2.65. The number of fused-ring (bicyclic) bond motifs is 1. The number of hydrogen-bond acceptors (Lipinski definition) is 5. The molecule has 1 aliphatic heterocycles. The summed E-state index contributed by atoms with van der Waals surface area (Å²) in [4.78, 5) is 22.6. The van der Waals surface area contributed by atoms with E-state index in [0.717, 1.165) is 0 Å². The van der Waals surface area contributed by atoms with Gasteiger partial charge in [-0.05, 0) is 12.1 Å². The number of amides is 2. The molecule has 1 heterocycles. The molecule has 2 rings (SSSR count). The largest absolute Gasteiger partial charge is 0.486 e. The fourth-order valence-corrected chi connectivity index (χ4v) is 1.96. The smallest absolute Gasteiger partial charge is 0.422 e. The number of para-hydroxylation sites is 2. The maximum absolute atomic E-state index is 11.8. The van der Waals surface area contributed by atoms with Crippen molar-refractivity contribution in [2.24, 2.45) is 0 Å². The highest BCUT2D eigenvalue weighted by Crippen LogP contribution is 2.30. The molecule has 2 N–H and O–H groups in total. The summed E-state index contributed by atoms with van der Waals surface area (Å²) in [5, 5.41) is 4.66. The summed E-state index contributed by atoms with van der Waals surface area (Å²) in [7, 11) is 0. The predicted octanol–water partition coefficient (Wildman–Crippen LogP) is 1.62. The van der Waals surface area contributed by atoms with Gasteiger partial charge in [-0.15, -0.1) is 0 Å². The van der Waals surface area contributed by atoms with Gasteiger partial charge in [-0.1, -0.05) is 12.1 Å². The highest BCUT2D eigenvalue weighted by atomic mass is 19.4. The van der Waals surface area contributed by atoms with Crippen molar-refractivity contribution in [2.75, 3.05) is 26.3 Å². The molecule has 1 aliphatic rings. The number of alkyl halides is 3. The molecule has 0 aliphatic carbocycles. The first-order chi connectivity index (χ1) is 11.8. The van der Waals surface area contributed by atoms with Gasteiger partial charge >= 0.3 is 12.3 Å². The van der Waals surface area contributed by atoms with Crippen molar-refractivity contribution in [3.63, 3.8) is 0 Å². The lowest BCUT2D eigenvalue weighted by atomic mass is 10.2. The van der Waals surface area contributed by atoms with Gasteiger partial charge in [-0.2, -0.15) is 13.2 Å². The molecule has 0 aromatic heterocycles. The number of halogens is 3. The van der Waals surface area contributed by atoms with Crippen LogP contribution in [0.5, 0.6) is 11.5 Å². The first kappa shape index (κ1) is 18.7. The molecule has 0 radical (unpaired) electrons. The second-order valence-corrected chi connectivity index (χ2v) is 5.17. The summed E-state index contributed by atoms with van der Waals surface area (Å²) < 4.78 is 50.6. The molecule has 138 valence electrons. The maximum Gasteiger partial charge on any atom is 0.422 e. The van der Waals surface area contributed by atoms with E-state index in [1.165, 1.54) is 0 Å². The second-order valence-electron chi connectivity index (χ2n) is 5.17. The zero-order chi connectivity index (χ0) is 18.3. The van der Waals surface area contributed by atoms with Crippen molar-refractivity contribution >= 4 is 12.0 Å². The molecule has 0 bridgehead atoms. The minimum absolute atomic E-state index is 0.106. The van der Waals surface area contributed by atoms with Crippen LogP contribution in [0.2, 0.25) is 0 Å². The Balaban J connectivity index is 1.59. The monoisotopic (exact) mass is 362 g/mol. The van der Waals surface area contributed by atoms with E-state index >= 15 is 0 Å². The fourth-order valence-electron chi connectivity index (χ4n) is 1.96. The van der Waals surface area contributed by atoms with Crippen LogP contribution in [0.25, 0.3) is 0 Å². The maximum atomic E-state index is 11.8. The van der Waals surface area contributed by atoms with Crippen LogP contribution in [-0.4, -0.2) is 50.6 Å². The van der Waals surface area contributed by atoms with E-state index in [4.69, 9.17) is 9.47 Å². The number of ether oxygens (including phenoxy) is 3. The van der Waals surface area contributed by atoms with Gasteiger partial charge in [0.15, 0.2) is 18.1 Å². The Labute approximate surface area is 141 Å². The third-order valence-electron chi connectivity index (χ3n) is 3.08. The average Bonchev–Trinajstić information content (AvgIpc) is 2.57. The minimum Gasteiger partial charge on any atom is -0.486 e. The quantitative estimate of drug-likeness (QED) is 0.803. The Bertz CT molecular complexity index is 609. The summed E-state index contributed by atoms with van der Waals surface area (Å²) in [6.07, 6.45) is -6.28. The third-order valence-corrected chi connectivity index (χ3v) is 3.08. The van der Waals surface area contributed by atoms with Gasteiger partial charge in [0.05, 0.1) is 6.54 Å². The van der Waals surface area contributed by atoms with E-state index in [9.17, 15) is 22.8 Å². The summed E-state index contributed by atoms with van der Waals surface area (Å²) in [6.45, 7) is -1.34. The van der Waals surface area contributed by atoms with Gasteiger partial charge in [0.1, 0.15) is 12.7 Å². The van der Waals surface area contributed by atoms with Crippen LogP contribution in [0, 0.1) is 0 Å². The molecule has 25 heavy (non-hydrogen) atoms. The number of carbonyl (C=O) groups excluding carboxylic acids is 2. The minimum atomic E-state index is -4.59. The molecule has 2 amide bonds. The SMILES string of the molecule is O=C(CCNC(=O)OCC(F)(F)F)NCC1COc2ccccc2O1. The van der Waals surface area contributed by atoms with Gasteiger partial charge in [-0.25, -0.2) is 4.79 Å².